The number of nitrogens with zero attached hydrogens (tertiary/aromatic N) is 1. The van der Waals surface area contributed by atoms with Crippen LogP contribution in [-0.2, 0) is 21.8 Å². The smallest absolute Gasteiger partial charge is 0.478 e. The van der Waals surface area contributed by atoms with E-state index < -0.39 is 0 Å². The fraction of sp³-hybridized carbons (Fsp3) is 0.476. The van der Waals surface area contributed by atoms with Gasteiger partial charge in [-0.3, -0.25) is 0 Å². The molecule has 0 spiro atoms. The molecular weight excluding hydrogens is 338 g/mol. The summed E-state index contributed by atoms with van der Waals surface area (Å²) in [6.07, 6.45) is 8.07. The molecule has 0 unspecified atom stereocenters. The van der Waals surface area contributed by atoms with Crippen LogP contribution in [0.1, 0.15) is 48.5 Å². The third kappa shape index (κ3) is 5.01. The van der Waals surface area contributed by atoms with Crippen LogP contribution in [0, 0.1) is 67.1 Å². The Morgan fingerprint density at radius 2 is 1.29 bits per heavy atom. The van der Waals surface area contributed by atoms with Crippen LogP contribution in [0.15, 0.2) is 4.99 Å². The summed E-state index contributed by atoms with van der Waals surface area (Å²) >= 11 is 0. The number of ether oxygens (including phenoxy) is 1. The van der Waals surface area contributed by atoms with Gasteiger partial charge in [0.25, 0.3) is 0 Å². The van der Waals surface area contributed by atoms with Gasteiger partial charge in [0.05, 0.1) is 12.0 Å². The minimum atomic E-state index is 0. The molecular formula is C21H29FeNO+2. The van der Waals surface area contributed by atoms with E-state index in [1.54, 1.807) is 0 Å². The average Bonchev–Trinajstić information content (AvgIpc) is 3.24. The summed E-state index contributed by atoms with van der Waals surface area (Å²) in [6, 6.07) is 0.338. The van der Waals surface area contributed by atoms with Crippen molar-refractivity contribution in [1.82, 2.24) is 0 Å². The summed E-state index contributed by atoms with van der Waals surface area (Å²) in [6.45, 7) is 16.1. The first-order valence-corrected chi connectivity index (χ1v) is 8.45. The Morgan fingerprint density at radius 3 is 1.62 bits per heavy atom. The van der Waals surface area contributed by atoms with Crippen LogP contribution in [0.25, 0.3) is 0 Å². The van der Waals surface area contributed by atoms with E-state index in [1.165, 1.54) is 29.6 Å². The Morgan fingerprint density at radius 1 is 0.875 bits per heavy atom. The minimum Gasteiger partial charge on any atom is -0.478 e. The van der Waals surface area contributed by atoms with E-state index in [-0.39, 0.29) is 17.1 Å². The number of aliphatic imine (C=N–C) groups is 1. The zero-order chi connectivity index (χ0) is 17.1. The topological polar surface area (TPSA) is 21.6 Å². The summed E-state index contributed by atoms with van der Waals surface area (Å²) in [4.78, 5) is 4.52. The van der Waals surface area contributed by atoms with Crippen LogP contribution in [-0.4, -0.2) is 18.5 Å². The monoisotopic (exact) mass is 367 g/mol. The van der Waals surface area contributed by atoms with Crippen molar-refractivity contribution in [2.45, 2.75) is 54.5 Å². The van der Waals surface area contributed by atoms with Crippen LogP contribution >= 0.6 is 0 Å². The van der Waals surface area contributed by atoms with Gasteiger partial charge >= 0.3 is 17.1 Å². The molecule has 1 heterocycles. The maximum Gasteiger partial charge on any atom is 2.00 e. The summed E-state index contributed by atoms with van der Waals surface area (Å²) in [7, 11) is 0. The molecule has 0 aromatic carbocycles. The standard InChI is InChI=1S/C11H14NO.C10H15.Fe/c1-8(2)10-7-13-11(12-10)9-5-3-4-6-9;1-6-7(2)9(4)10(5)8(6)3;/h3-6,8,10H,7H2,1-2H3;1-5H3;/q;;+2/t10-;;/m1../s1. The molecule has 2 nitrogen and oxygen atoms in total. The zero-order valence-electron chi connectivity index (χ0n) is 15.9. The molecule has 0 saturated heterocycles. The van der Waals surface area contributed by atoms with Crippen LogP contribution in [0.5, 0.6) is 0 Å². The van der Waals surface area contributed by atoms with E-state index in [0.717, 1.165) is 18.4 Å². The van der Waals surface area contributed by atoms with E-state index in [2.05, 4.69) is 53.5 Å². The van der Waals surface area contributed by atoms with Crippen molar-refractivity contribution >= 4 is 5.90 Å². The normalized spacial score (nSPS) is 27.8. The maximum absolute atomic E-state index is 5.52. The SMILES string of the molecule is CC(C)[C@H]1COC([C]2[CH][CH][CH][CH]2)=N1.C[C]1[C](C)[C](C)[C](C)[C]1C.[Fe+2]. The number of hydrogen-bond donors (Lipinski definition) is 0. The molecule has 0 amide bonds. The first-order chi connectivity index (χ1) is 10.8. The van der Waals surface area contributed by atoms with E-state index in [4.69, 9.17) is 4.74 Å². The van der Waals surface area contributed by atoms with Crippen LogP contribution in [0.4, 0.5) is 0 Å². The van der Waals surface area contributed by atoms with Gasteiger partial charge in [-0.1, -0.05) is 48.5 Å². The summed E-state index contributed by atoms with van der Waals surface area (Å²) in [5, 5.41) is 0. The quantitative estimate of drug-likeness (QED) is 0.642. The minimum absolute atomic E-state index is 0. The molecule has 0 aromatic heterocycles. The van der Waals surface area contributed by atoms with Gasteiger partial charge in [-0.15, -0.1) is 0 Å². The second kappa shape index (κ2) is 9.62. The number of rotatable bonds is 2. The molecule has 0 N–H and O–H groups in total. The van der Waals surface area contributed by atoms with Crippen LogP contribution < -0.4 is 0 Å². The Hall–Kier alpha value is -0.0105. The van der Waals surface area contributed by atoms with Crippen molar-refractivity contribution in [2.75, 3.05) is 6.61 Å². The Bertz CT molecular complexity index is 358. The van der Waals surface area contributed by atoms with Gasteiger partial charge < -0.3 is 4.74 Å². The molecule has 0 aromatic rings. The van der Waals surface area contributed by atoms with Crippen molar-refractivity contribution in [3.8, 4) is 0 Å². The van der Waals surface area contributed by atoms with E-state index in [0.29, 0.717) is 12.0 Å². The van der Waals surface area contributed by atoms with Crippen molar-refractivity contribution in [2.24, 2.45) is 10.9 Å². The third-order valence-electron chi connectivity index (χ3n) is 5.17. The predicted molar refractivity (Wildman–Crippen MR) is 97.0 cm³/mol. The van der Waals surface area contributed by atoms with Crippen molar-refractivity contribution < 1.29 is 21.8 Å². The Labute approximate surface area is 161 Å². The Kier molecular flexibility index (Phi) is 8.83. The summed E-state index contributed by atoms with van der Waals surface area (Å²) < 4.78 is 5.52. The van der Waals surface area contributed by atoms with Crippen molar-refractivity contribution in [1.29, 1.82) is 0 Å². The predicted octanol–water partition coefficient (Wildman–Crippen LogP) is 4.81. The molecule has 2 saturated carbocycles. The Balaban J connectivity index is 0.000000238. The molecule has 2 fully saturated rings. The van der Waals surface area contributed by atoms with Gasteiger partial charge in [-0.2, -0.15) is 0 Å². The van der Waals surface area contributed by atoms with E-state index >= 15 is 0 Å². The van der Waals surface area contributed by atoms with Crippen LogP contribution in [0.3, 0.4) is 0 Å². The molecule has 1 aliphatic heterocycles. The summed E-state index contributed by atoms with van der Waals surface area (Å²) in [5.41, 5.74) is 0. The van der Waals surface area contributed by atoms with Gasteiger partial charge in [0.1, 0.15) is 6.61 Å². The molecule has 3 heteroatoms. The first-order valence-electron chi connectivity index (χ1n) is 8.45. The van der Waals surface area contributed by atoms with E-state index in [9.17, 15) is 0 Å². The molecule has 10 radical (unpaired) electrons. The van der Waals surface area contributed by atoms with Gasteiger partial charge in [-0.25, -0.2) is 4.99 Å². The molecule has 0 bridgehead atoms. The second-order valence-electron chi connectivity index (χ2n) is 6.86. The molecule has 3 rings (SSSR count). The van der Waals surface area contributed by atoms with Crippen LogP contribution in [0.2, 0.25) is 0 Å². The first kappa shape index (κ1) is 22.0. The molecule has 2 aliphatic carbocycles. The fourth-order valence-corrected chi connectivity index (χ4v) is 2.81. The third-order valence-corrected chi connectivity index (χ3v) is 5.17. The largest absolute Gasteiger partial charge is 2.00 e. The van der Waals surface area contributed by atoms with Gasteiger partial charge in [-0.05, 0) is 61.2 Å². The molecule has 130 valence electrons. The maximum atomic E-state index is 5.52. The fourth-order valence-electron chi connectivity index (χ4n) is 2.81. The van der Waals surface area contributed by atoms with E-state index in [1.807, 2.05) is 25.7 Å². The van der Waals surface area contributed by atoms with Gasteiger partial charge in [0, 0.05) is 0 Å². The van der Waals surface area contributed by atoms with Gasteiger partial charge in [0.15, 0.2) is 5.90 Å². The second-order valence-corrected chi connectivity index (χ2v) is 6.86. The zero-order valence-corrected chi connectivity index (χ0v) is 17.0. The van der Waals surface area contributed by atoms with Gasteiger partial charge in [0.2, 0.25) is 0 Å². The molecule has 3 aliphatic rings. The number of hydrogen-bond acceptors (Lipinski definition) is 2. The molecule has 24 heavy (non-hydrogen) atoms. The molecule has 1 atom stereocenters. The van der Waals surface area contributed by atoms with Crippen molar-refractivity contribution in [3.05, 3.63) is 61.2 Å². The summed E-state index contributed by atoms with van der Waals surface area (Å²) in [5.74, 6) is 9.81. The average molecular weight is 367 g/mol. The van der Waals surface area contributed by atoms with Crippen molar-refractivity contribution in [3.63, 3.8) is 0 Å².